The van der Waals surface area contributed by atoms with E-state index < -0.39 is 6.10 Å². The van der Waals surface area contributed by atoms with Gasteiger partial charge in [-0.1, -0.05) is 327 Å². The predicted octanol–water partition coefficient (Wildman–Crippen LogP) is 23.9. The first-order valence-electron chi connectivity index (χ1n) is 35.0. The molecule has 0 aromatic heterocycles. The van der Waals surface area contributed by atoms with Gasteiger partial charge in [0.2, 0.25) is 0 Å². The van der Waals surface area contributed by atoms with Crippen LogP contribution in [0.4, 0.5) is 0 Å². The molecule has 0 saturated carbocycles. The van der Waals surface area contributed by atoms with Crippen molar-refractivity contribution in [2.45, 2.75) is 393 Å². The number of hydrogen-bond acceptors (Lipinski definition) is 6. The summed E-state index contributed by atoms with van der Waals surface area (Å²) in [4.78, 5) is 38.4. The molecule has 1 unspecified atom stereocenters. The second-order valence-corrected chi connectivity index (χ2v) is 23.8. The van der Waals surface area contributed by atoms with Crippen molar-refractivity contribution in [2.75, 3.05) is 13.2 Å². The number of ether oxygens (including phenoxy) is 3. The Balaban J connectivity index is 4.19. The van der Waals surface area contributed by atoms with Gasteiger partial charge in [0.25, 0.3) is 0 Å². The van der Waals surface area contributed by atoms with Gasteiger partial charge in [0, 0.05) is 19.3 Å². The lowest BCUT2D eigenvalue weighted by Gasteiger charge is -2.18. The summed E-state index contributed by atoms with van der Waals surface area (Å²) in [5, 5.41) is 0. The minimum Gasteiger partial charge on any atom is -0.462 e. The first kappa shape index (κ1) is 75.6. The van der Waals surface area contributed by atoms with Crippen molar-refractivity contribution in [1.82, 2.24) is 0 Å². The van der Waals surface area contributed by atoms with Crippen molar-refractivity contribution < 1.29 is 28.6 Å². The number of carbonyl (C=O) groups is 3. The molecule has 0 aromatic rings. The summed E-state index contributed by atoms with van der Waals surface area (Å²) >= 11 is 0. The fourth-order valence-electron chi connectivity index (χ4n) is 10.6. The maximum Gasteiger partial charge on any atom is 0.306 e. The third-order valence-corrected chi connectivity index (χ3v) is 15.9. The molecule has 0 amide bonds. The average Bonchev–Trinajstić information content (AvgIpc) is 3.44. The summed E-state index contributed by atoms with van der Waals surface area (Å²) in [7, 11) is 0. The van der Waals surface area contributed by atoms with E-state index >= 15 is 0 Å². The Morgan fingerprint density at radius 1 is 0.256 bits per heavy atom. The molecule has 0 rings (SSSR count). The smallest absolute Gasteiger partial charge is 0.306 e. The maximum atomic E-state index is 12.9. The second-order valence-electron chi connectivity index (χ2n) is 23.8. The van der Waals surface area contributed by atoms with Gasteiger partial charge in [0.05, 0.1) is 0 Å². The van der Waals surface area contributed by atoms with E-state index in [4.69, 9.17) is 14.2 Å². The summed E-state index contributed by atoms with van der Waals surface area (Å²) in [5.41, 5.74) is 0. The number of hydrogen-bond donors (Lipinski definition) is 0. The van der Waals surface area contributed by atoms with Gasteiger partial charge in [0.15, 0.2) is 6.10 Å². The Bertz CT molecular complexity index is 1300. The molecule has 1 atom stereocenters. The van der Waals surface area contributed by atoms with E-state index in [-0.39, 0.29) is 31.1 Å². The number of allylic oxidation sites excluding steroid dienone is 6. The first-order valence-corrected chi connectivity index (χ1v) is 35.0. The lowest BCUT2D eigenvalue weighted by molar-refractivity contribution is -0.167. The van der Waals surface area contributed by atoms with Crippen LogP contribution in [-0.4, -0.2) is 37.2 Å². The van der Waals surface area contributed by atoms with Gasteiger partial charge < -0.3 is 14.2 Å². The van der Waals surface area contributed by atoms with Gasteiger partial charge in [-0.2, -0.15) is 0 Å². The number of rotatable bonds is 65. The van der Waals surface area contributed by atoms with E-state index in [9.17, 15) is 14.4 Å². The third kappa shape index (κ3) is 64.5. The molecule has 6 heteroatoms. The SMILES string of the molecule is CCCCCC/C=C\C/C=C\CCCCCCCC(=O)OC(COC(=O)CCCCCCC/C=C\CCCCCCCC)COC(=O)CCCCCCCCCCCCCCCCCCCCCCCCCCCCCCC. The van der Waals surface area contributed by atoms with Crippen LogP contribution in [0, 0.1) is 0 Å². The van der Waals surface area contributed by atoms with E-state index in [0.29, 0.717) is 19.3 Å². The van der Waals surface area contributed by atoms with Crippen molar-refractivity contribution >= 4 is 17.9 Å². The molecule has 0 N–H and O–H groups in total. The van der Waals surface area contributed by atoms with Crippen LogP contribution in [0.25, 0.3) is 0 Å². The molecule has 0 saturated heterocycles. The highest BCUT2D eigenvalue weighted by Gasteiger charge is 2.19. The Kier molecular flexibility index (Phi) is 65.1. The van der Waals surface area contributed by atoms with E-state index in [1.807, 2.05) is 0 Å². The monoisotopic (exact) mass is 1100 g/mol. The minimum atomic E-state index is -0.782. The molecule has 0 aromatic carbocycles. The van der Waals surface area contributed by atoms with Gasteiger partial charge in [-0.25, -0.2) is 0 Å². The van der Waals surface area contributed by atoms with Gasteiger partial charge >= 0.3 is 17.9 Å². The molecule has 0 aliphatic carbocycles. The largest absolute Gasteiger partial charge is 0.462 e. The van der Waals surface area contributed by atoms with E-state index in [1.165, 1.54) is 257 Å². The van der Waals surface area contributed by atoms with Gasteiger partial charge in [-0.15, -0.1) is 0 Å². The van der Waals surface area contributed by atoms with E-state index in [1.54, 1.807) is 0 Å². The van der Waals surface area contributed by atoms with Crippen LogP contribution < -0.4 is 0 Å². The van der Waals surface area contributed by atoms with Crippen molar-refractivity contribution in [3.05, 3.63) is 36.5 Å². The number of unbranched alkanes of at least 4 members (excludes halogenated alkanes) is 48. The van der Waals surface area contributed by atoms with Gasteiger partial charge in [-0.05, 0) is 77.0 Å². The summed E-state index contributed by atoms with van der Waals surface area (Å²) in [5.74, 6) is -0.874. The molecule has 78 heavy (non-hydrogen) atoms. The molecule has 0 fully saturated rings. The van der Waals surface area contributed by atoms with E-state index in [0.717, 1.165) is 89.9 Å². The predicted molar refractivity (Wildman–Crippen MR) is 339 cm³/mol. The Morgan fingerprint density at radius 2 is 0.462 bits per heavy atom. The highest BCUT2D eigenvalue weighted by atomic mass is 16.6. The molecule has 0 spiro atoms. The normalized spacial score (nSPS) is 12.2. The third-order valence-electron chi connectivity index (χ3n) is 15.9. The van der Waals surface area contributed by atoms with Crippen molar-refractivity contribution in [2.24, 2.45) is 0 Å². The Labute approximate surface area is 486 Å². The topological polar surface area (TPSA) is 78.9 Å². The quantitative estimate of drug-likeness (QED) is 0.0261. The van der Waals surface area contributed by atoms with Crippen LogP contribution in [0.2, 0.25) is 0 Å². The van der Waals surface area contributed by atoms with Crippen LogP contribution in [0.3, 0.4) is 0 Å². The number of esters is 3. The summed E-state index contributed by atoms with van der Waals surface area (Å²) in [6.45, 7) is 6.67. The second kappa shape index (κ2) is 67.1. The molecular formula is C72H134O6. The average molecular weight is 1100 g/mol. The zero-order valence-corrected chi connectivity index (χ0v) is 52.7. The molecule has 0 aliphatic heterocycles. The fraction of sp³-hybridized carbons (Fsp3) is 0.875. The zero-order valence-electron chi connectivity index (χ0n) is 52.7. The van der Waals surface area contributed by atoms with Crippen LogP contribution in [-0.2, 0) is 28.6 Å². The maximum absolute atomic E-state index is 12.9. The van der Waals surface area contributed by atoms with Gasteiger partial charge in [-0.3, -0.25) is 14.4 Å². The van der Waals surface area contributed by atoms with Crippen LogP contribution in [0.15, 0.2) is 36.5 Å². The summed E-state index contributed by atoms with van der Waals surface area (Å²) in [6, 6.07) is 0. The molecule has 458 valence electrons. The Morgan fingerprint density at radius 3 is 0.731 bits per heavy atom. The molecule has 0 heterocycles. The highest BCUT2D eigenvalue weighted by Crippen LogP contribution is 2.18. The fourth-order valence-corrected chi connectivity index (χ4v) is 10.6. The van der Waals surface area contributed by atoms with Crippen molar-refractivity contribution in [3.63, 3.8) is 0 Å². The molecule has 0 bridgehead atoms. The Hall–Kier alpha value is -2.37. The standard InChI is InChI=1S/C72H134O6/c1-4-7-10-13-16-19-22-25-28-30-31-32-33-34-35-36-37-38-39-40-41-42-45-47-50-53-56-59-62-65-71(74)77-68-69(67-76-70(73)64-61-58-55-52-49-46-43-27-24-21-18-15-12-9-6-3)78-72(75)66-63-60-57-54-51-48-44-29-26-23-20-17-14-11-8-5-2/h20,23,27,29,43-44,69H,4-19,21-22,24-26,28,30-42,45-68H2,1-3H3/b23-20-,43-27-,44-29-. The molecule has 0 aliphatic rings. The van der Waals surface area contributed by atoms with Gasteiger partial charge in [0.1, 0.15) is 13.2 Å². The zero-order chi connectivity index (χ0) is 56.4. The lowest BCUT2D eigenvalue weighted by atomic mass is 10.0. The minimum absolute atomic E-state index is 0.0763. The van der Waals surface area contributed by atoms with Crippen LogP contribution >= 0.6 is 0 Å². The van der Waals surface area contributed by atoms with Crippen LogP contribution in [0.1, 0.15) is 387 Å². The number of carbonyl (C=O) groups excluding carboxylic acids is 3. The lowest BCUT2D eigenvalue weighted by Crippen LogP contribution is -2.30. The summed E-state index contributed by atoms with van der Waals surface area (Å²) < 4.78 is 17.0. The van der Waals surface area contributed by atoms with Crippen LogP contribution in [0.5, 0.6) is 0 Å². The first-order chi connectivity index (χ1) is 38.5. The van der Waals surface area contributed by atoms with Crippen molar-refractivity contribution in [3.8, 4) is 0 Å². The van der Waals surface area contributed by atoms with Crippen molar-refractivity contribution in [1.29, 1.82) is 0 Å². The molecule has 6 nitrogen and oxygen atoms in total. The molecule has 0 radical (unpaired) electrons. The summed E-state index contributed by atoms with van der Waals surface area (Å²) in [6.07, 6.45) is 83.2. The molecular weight excluding hydrogens is 961 g/mol. The van der Waals surface area contributed by atoms with E-state index in [2.05, 4.69) is 57.2 Å². The highest BCUT2D eigenvalue weighted by molar-refractivity contribution is 5.71.